The first-order valence-electron chi connectivity index (χ1n) is 36.3. The van der Waals surface area contributed by atoms with Crippen molar-refractivity contribution in [2.45, 2.75) is 181 Å². The van der Waals surface area contributed by atoms with Crippen molar-refractivity contribution < 1.29 is 77.1 Å². The summed E-state index contributed by atoms with van der Waals surface area (Å²) in [4.78, 5) is 159. The Morgan fingerprint density at radius 3 is 1.96 bits per heavy atom. The van der Waals surface area contributed by atoms with Gasteiger partial charge in [-0.3, -0.25) is 78.6 Å². The van der Waals surface area contributed by atoms with Gasteiger partial charge in [0, 0.05) is 54.8 Å². The molecule has 2 saturated heterocycles. The average molecular weight is 1610 g/mol. The van der Waals surface area contributed by atoms with E-state index in [-0.39, 0.29) is 58.2 Å². The summed E-state index contributed by atoms with van der Waals surface area (Å²) in [5.41, 5.74) is 6.01. The molecule has 0 saturated carbocycles. The van der Waals surface area contributed by atoms with Gasteiger partial charge in [0.2, 0.25) is 27.4 Å². The minimum absolute atomic E-state index is 0.0989. The molecule has 3 aliphatic rings. The van der Waals surface area contributed by atoms with Gasteiger partial charge in [0.15, 0.2) is 0 Å². The van der Waals surface area contributed by atoms with Crippen molar-refractivity contribution in [3.05, 3.63) is 174 Å². The predicted octanol–water partition coefficient (Wildman–Crippen LogP) is 10.9. The number of alkyl halides is 3. The van der Waals surface area contributed by atoms with Gasteiger partial charge in [-0.1, -0.05) is 137 Å². The van der Waals surface area contributed by atoms with Crippen molar-refractivity contribution in [2.75, 3.05) is 19.7 Å². The van der Waals surface area contributed by atoms with Gasteiger partial charge in [0.1, 0.15) is 60.1 Å². The Hall–Kier alpha value is -10.4. The third kappa shape index (κ3) is 24.6. The first-order valence-corrected chi connectivity index (χ1v) is 37.5. The lowest BCUT2D eigenvalue weighted by Gasteiger charge is -2.35. The van der Waals surface area contributed by atoms with E-state index < -0.39 is 133 Å². The number of allylic oxidation sites excluding steroid dienone is 1. The van der Waals surface area contributed by atoms with Crippen LogP contribution >= 0.6 is 34.8 Å². The maximum atomic E-state index is 13.3. The molecule has 5 bridgehead atoms. The van der Waals surface area contributed by atoms with Crippen molar-refractivity contribution in [1.82, 2.24) is 52.1 Å². The normalized spacial score (nSPS) is 19.4. The number of aliphatic hydroxyl groups excluding tert-OH is 1. The van der Waals surface area contributed by atoms with Gasteiger partial charge >= 0.3 is 23.9 Å². The molecule has 30 nitrogen and oxygen atoms in total. The number of aromatic nitrogens is 2. The first-order chi connectivity index (χ1) is 52.4. The van der Waals surface area contributed by atoms with Crippen LogP contribution in [0.2, 0.25) is 0 Å². The standard InChI is InChI=1S/C33H44Cl3N5O6.C30H39N5O5.C16H12N2O7/c1-19(2)28(29(44)38-20(3)30(45)41-13-7-8-26(40-41)31(46)47-18-33(34,35)36)39-27(43)16-32(5,6)12-11-25-15-24-14-22(21(4)42)9-10-23(24)17-37-25;1-17(2)25-26(36)32-18(3)27(37)35-13-7-8-24(34-35)28(38)40-19(4)20-9-10-21-16-31-23(15-22(21)14-20)11-12-30(5,6)29(39)33-25;1-9-5-3-7-11(17(21)22)13(9)15(19)25-16(20)14-10(2)6-4-8-12(14)18(23)24/h9-12,14-15,17,19-21,26,28,40,42H,7-8,13,16,18H2,1-6H3,(H,38,44)(H,39,43);9-12,14-19,24-25,34H,7-8,13H2,1-6H3,(H,32,36)(H,33,39);3-8H,1-2H3/b2*12-11+;/t20-,21+,26-,28-;18-,19+,24-,25-;/m00./s1. The van der Waals surface area contributed by atoms with E-state index in [9.17, 15) is 73.3 Å². The Bertz CT molecular complexity index is 4550. The quantitative estimate of drug-likeness (QED) is 0.0111. The number of carbonyl (C=O) groups is 10. The lowest BCUT2D eigenvalue weighted by atomic mass is 9.87. The summed E-state index contributed by atoms with van der Waals surface area (Å²) < 4.78 is 13.7. The van der Waals surface area contributed by atoms with E-state index in [0.29, 0.717) is 50.2 Å². The average Bonchev–Trinajstić information content (AvgIpc) is 0.863. The molecule has 0 aliphatic carbocycles. The highest BCUT2D eigenvalue weighted by Gasteiger charge is 2.39. The van der Waals surface area contributed by atoms with Gasteiger partial charge in [-0.05, 0) is 168 Å². The molecule has 8 atom stereocenters. The van der Waals surface area contributed by atoms with Gasteiger partial charge in [0.05, 0.1) is 32.8 Å². The molecular formula is C79H95Cl3N12O18. The van der Waals surface area contributed by atoms with E-state index in [0.717, 1.165) is 44.8 Å². The highest BCUT2D eigenvalue weighted by atomic mass is 35.6. The maximum Gasteiger partial charge on any atom is 0.353 e. The van der Waals surface area contributed by atoms with Crippen molar-refractivity contribution in [2.24, 2.45) is 22.7 Å². The number of nitro benzene ring substituents is 2. The molecule has 9 rings (SSSR count). The number of amides is 6. The van der Waals surface area contributed by atoms with E-state index in [1.165, 1.54) is 55.1 Å². The van der Waals surface area contributed by atoms with E-state index in [4.69, 9.17) is 44.3 Å². The molecule has 600 valence electrons. The number of carbonyl (C=O) groups excluding carboxylic acids is 10. The van der Waals surface area contributed by atoms with E-state index >= 15 is 0 Å². The van der Waals surface area contributed by atoms with Gasteiger partial charge in [-0.2, -0.15) is 0 Å². The summed E-state index contributed by atoms with van der Waals surface area (Å²) in [6.45, 7) is 24.4. The Morgan fingerprint density at radius 2 is 1.37 bits per heavy atom. The van der Waals surface area contributed by atoms with Crippen molar-refractivity contribution in [3.63, 3.8) is 0 Å². The van der Waals surface area contributed by atoms with Gasteiger partial charge in [-0.25, -0.2) is 20.4 Å². The number of nitrogens with zero attached hydrogens (tertiary/aromatic N) is 6. The topological polar surface area (TPSA) is 409 Å². The number of esters is 4. The molecule has 0 radical (unpaired) electrons. The summed E-state index contributed by atoms with van der Waals surface area (Å²) in [6, 6.07) is 18.2. The van der Waals surface area contributed by atoms with Gasteiger partial charge in [-0.15, -0.1) is 0 Å². The number of hydrogen-bond acceptors (Lipinski definition) is 22. The van der Waals surface area contributed by atoms with Crippen LogP contribution in [-0.4, -0.2) is 154 Å². The molecule has 0 unspecified atom stereocenters. The fourth-order valence-corrected chi connectivity index (χ4v) is 12.3. The number of rotatable bonds is 17. The zero-order valence-electron chi connectivity index (χ0n) is 64.7. The van der Waals surface area contributed by atoms with Crippen LogP contribution in [0.1, 0.15) is 182 Å². The van der Waals surface area contributed by atoms with Crippen LogP contribution in [-0.2, 0) is 52.6 Å². The SMILES string of the molecule is CC(C)[C@@H]1NC(=O)C(C)(C)/C=C/c2cc3cc(ccc3cn2)[C@@H](C)OC(=O)[C@@H]2CCCN(N2)C(=O)[C@H](C)NC1=O.CC(C)[C@H](NC(=O)CC(C)(C)/C=C/c1cc2cc([C@@H](C)O)ccc2cn1)C(=O)N[C@@H](C)C(=O)N1CCC[C@@H](C(=O)OCC(Cl)(Cl)Cl)N1.Cc1cccc([N+](=O)[O-])c1C(=O)OC(=O)c1c(C)cccc1[N+](=O)[O-]. The molecule has 3 aliphatic heterocycles. The molecule has 0 spiro atoms. The molecule has 6 amide bonds. The minimum atomic E-state index is -1.76. The molecule has 33 heteroatoms. The highest BCUT2D eigenvalue weighted by Crippen LogP contribution is 2.32. The number of ether oxygens (including phenoxy) is 3. The number of hydrazine groups is 2. The van der Waals surface area contributed by atoms with E-state index in [1.807, 2.05) is 95.3 Å². The van der Waals surface area contributed by atoms with Crippen LogP contribution in [0.4, 0.5) is 11.4 Å². The molecule has 2 fully saturated rings. The number of fused-ring (bicyclic) bond motifs is 5. The Labute approximate surface area is 663 Å². The number of aliphatic hydroxyl groups is 1. The number of cyclic esters (lactones) is 1. The van der Waals surface area contributed by atoms with Gasteiger partial charge < -0.3 is 40.6 Å². The van der Waals surface area contributed by atoms with Crippen LogP contribution in [0.15, 0.2) is 109 Å². The fourth-order valence-electron chi connectivity index (χ4n) is 12.2. The summed E-state index contributed by atoms with van der Waals surface area (Å²) in [5, 5.41) is 49.5. The van der Waals surface area contributed by atoms with Crippen LogP contribution in [0.25, 0.3) is 33.7 Å². The number of nitro groups is 2. The third-order valence-electron chi connectivity index (χ3n) is 18.7. The van der Waals surface area contributed by atoms with Crippen LogP contribution in [0.3, 0.4) is 0 Å². The number of nitrogens with one attached hydrogen (secondary N) is 6. The summed E-state index contributed by atoms with van der Waals surface area (Å²) in [5.74, 6) is -6.53. The zero-order chi connectivity index (χ0) is 83.0. The van der Waals surface area contributed by atoms with E-state index in [1.54, 1.807) is 66.1 Å². The Kier molecular flexibility index (Phi) is 30.7. The number of aryl methyl sites for hydroxylation is 2. The zero-order valence-corrected chi connectivity index (χ0v) is 66.9. The van der Waals surface area contributed by atoms with Crippen LogP contribution < -0.4 is 32.1 Å². The monoisotopic (exact) mass is 1600 g/mol. The number of halogens is 3. The predicted molar refractivity (Wildman–Crippen MR) is 420 cm³/mol. The van der Waals surface area contributed by atoms with Gasteiger partial charge in [0.25, 0.3) is 23.2 Å². The third-order valence-corrected chi connectivity index (χ3v) is 19.0. The summed E-state index contributed by atoms with van der Waals surface area (Å²) >= 11 is 17.0. The second-order valence-corrected chi connectivity index (χ2v) is 32.2. The number of benzene rings is 4. The van der Waals surface area contributed by atoms with Crippen molar-refractivity contribution >= 4 is 139 Å². The van der Waals surface area contributed by atoms with E-state index in [2.05, 4.69) is 46.8 Å². The molecular weight excluding hydrogens is 1510 g/mol. The number of pyridine rings is 2. The van der Waals surface area contributed by atoms with Crippen LogP contribution in [0.5, 0.6) is 0 Å². The Morgan fingerprint density at radius 1 is 0.768 bits per heavy atom. The molecule has 5 heterocycles. The maximum absolute atomic E-state index is 13.3. The van der Waals surface area contributed by atoms with Crippen molar-refractivity contribution in [3.8, 4) is 0 Å². The summed E-state index contributed by atoms with van der Waals surface area (Å²) in [6.07, 6.45) is 11.9. The molecule has 4 aromatic carbocycles. The number of hydrogen-bond donors (Lipinski definition) is 7. The largest absolute Gasteiger partial charge is 0.460 e. The molecule has 112 heavy (non-hydrogen) atoms. The lowest BCUT2D eigenvalue weighted by molar-refractivity contribution is -0.385. The second-order valence-electron chi connectivity index (χ2n) is 29.7. The second kappa shape index (κ2) is 38.7. The minimum Gasteiger partial charge on any atom is -0.460 e. The fraction of sp³-hybridized carbons (Fsp3) is 0.443. The molecule has 2 aromatic heterocycles. The highest BCUT2D eigenvalue weighted by molar-refractivity contribution is 6.67. The molecule has 7 N–H and O–H groups in total. The molecule has 6 aromatic rings. The lowest BCUT2D eigenvalue weighted by Crippen LogP contribution is -2.61. The smallest absolute Gasteiger partial charge is 0.353 e. The van der Waals surface area contributed by atoms with Crippen LogP contribution in [0, 0.1) is 56.7 Å². The van der Waals surface area contributed by atoms with Crippen molar-refractivity contribution in [1.29, 1.82) is 0 Å². The Balaban J connectivity index is 0.000000243. The first kappa shape index (κ1) is 88.8. The summed E-state index contributed by atoms with van der Waals surface area (Å²) in [7, 11) is 0.